The Kier molecular flexibility index (Phi) is 2.75. The van der Waals surface area contributed by atoms with Crippen LogP contribution in [0.3, 0.4) is 0 Å². The number of carbonyl (C=O) groups is 2. The van der Waals surface area contributed by atoms with Gasteiger partial charge in [-0.1, -0.05) is 0 Å². The number of phenols is 1. The fraction of sp³-hybridized carbons (Fsp3) is 0.333. The summed E-state index contributed by atoms with van der Waals surface area (Å²) >= 11 is 0. The molecule has 0 aromatic heterocycles. The highest BCUT2D eigenvalue weighted by Gasteiger charge is 2.57. The van der Waals surface area contributed by atoms with Crippen LogP contribution in [-0.2, 0) is 14.3 Å². The maximum absolute atomic E-state index is 11.9. The summed E-state index contributed by atoms with van der Waals surface area (Å²) in [5.41, 5.74) is -0.463. The molecule has 0 atom stereocenters. The average Bonchev–Trinajstić information content (AvgIpc) is 3.12. The van der Waals surface area contributed by atoms with Gasteiger partial charge in [0.1, 0.15) is 11.2 Å². The molecule has 5 nitrogen and oxygen atoms in total. The molecule has 0 bridgehead atoms. The molecule has 1 aromatic rings. The summed E-state index contributed by atoms with van der Waals surface area (Å²) in [5.74, 6) is -0.721. The van der Waals surface area contributed by atoms with Crippen LogP contribution in [0.15, 0.2) is 24.3 Å². The van der Waals surface area contributed by atoms with Gasteiger partial charge in [0.2, 0.25) is 5.91 Å². The summed E-state index contributed by atoms with van der Waals surface area (Å²) in [7, 11) is 1.27. The normalized spacial score (nSPS) is 16.1. The Morgan fingerprint density at radius 1 is 1.29 bits per heavy atom. The fourth-order valence-electron chi connectivity index (χ4n) is 1.64. The zero-order chi connectivity index (χ0) is 12.5. The van der Waals surface area contributed by atoms with E-state index in [1.165, 1.54) is 19.2 Å². The Hall–Kier alpha value is -2.04. The third-order valence-corrected chi connectivity index (χ3v) is 2.89. The minimum atomic E-state index is -1.01. The molecule has 1 saturated carbocycles. The number of methoxy groups -OCH3 is 1. The molecular weight excluding hydrogens is 222 g/mol. The van der Waals surface area contributed by atoms with Gasteiger partial charge < -0.3 is 15.2 Å². The highest BCUT2D eigenvalue weighted by atomic mass is 16.5. The molecule has 0 saturated heterocycles. The number of anilines is 1. The largest absolute Gasteiger partial charge is 0.508 e. The molecule has 0 radical (unpaired) electrons. The molecule has 0 aliphatic heterocycles. The molecule has 90 valence electrons. The van der Waals surface area contributed by atoms with E-state index in [0.29, 0.717) is 18.5 Å². The predicted octanol–water partition coefficient (Wildman–Crippen LogP) is 1.28. The van der Waals surface area contributed by atoms with Crippen LogP contribution in [0.4, 0.5) is 5.69 Å². The quantitative estimate of drug-likeness (QED) is 0.470. The highest BCUT2D eigenvalue weighted by Crippen LogP contribution is 2.47. The van der Waals surface area contributed by atoms with Gasteiger partial charge in [-0.05, 0) is 37.1 Å². The van der Waals surface area contributed by atoms with E-state index >= 15 is 0 Å². The third-order valence-electron chi connectivity index (χ3n) is 2.89. The van der Waals surface area contributed by atoms with E-state index in [0.717, 1.165) is 0 Å². The van der Waals surface area contributed by atoms with E-state index in [2.05, 4.69) is 10.1 Å². The number of hydrogen-bond donors (Lipinski definition) is 2. The first kappa shape index (κ1) is 11.4. The number of phenolic OH excluding ortho intramolecular Hbond substituents is 1. The fourth-order valence-corrected chi connectivity index (χ4v) is 1.64. The van der Waals surface area contributed by atoms with Gasteiger partial charge in [-0.15, -0.1) is 0 Å². The second-order valence-electron chi connectivity index (χ2n) is 4.07. The number of carbonyl (C=O) groups excluding carboxylic acids is 2. The first-order chi connectivity index (χ1) is 8.08. The molecule has 5 heteroatoms. The minimum Gasteiger partial charge on any atom is -0.508 e. The molecule has 1 fully saturated rings. The zero-order valence-corrected chi connectivity index (χ0v) is 9.40. The Labute approximate surface area is 98.4 Å². The topological polar surface area (TPSA) is 75.6 Å². The molecule has 1 aliphatic rings. The molecule has 17 heavy (non-hydrogen) atoms. The van der Waals surface area contributed by atoms with Gasteiger partial charge in [-0.3, -0.25) is 9.59 Å². The molecule has 2 rings (SSSR count). The van der Waals surface area contributed by atoms with Crippen LogP contribution in [0.25, 0.3) is 0 Å². The van der Waals surface area contributed by atoms with Crippen LogP contribution in [0.2, 0.25) is 0 Å². The number of nitrogens with one attached hydrogen (secondary N) is 1. The predicted molar refractivity (Wildman–Crippen MR) is 60.4 cm³/mol. The first-order valence-electron chi connectivity index (χ1n) is 5.27. The number of benzene rings is 1. The maximum atomic E-state index is 11.9. The molecule has 0 spiro atoms. The maximum Gasteiger partial charge on any atom is 0.321 e. The first-order valence-corrected chi connectivity index (χ1v) is 5.27. The van der Waals surface area contributed by atoms with Crippen molar-refractivity contribution >= 4 is 17.6 Å². The Morgan fingerprint density at radius 2 is 1.88 bits per heavy atom. The number of amides is 1. The summed E-state index contributed by atoms with van der Waals surface area (Å²) in [6, 6.07) is 6.07. The Bertz CT molecular complexity index is 448. The monoisotopic (exact) mass is 235 g/mol. The van der Waals surface area contributed by atoms with Gasteiger partial charge in [0.15, 0.2) is 0 Å². The van der Waals surface area contributed by atoms with Gasteiger partial charge in [0, 0.05) is 5.69 Å². The molecular formula is C12H13NO4. The van der Waals surface area contributed by atoms with E-state index < -0.39 is 11.4 Å². The van der Waals surface area contributed by atoms with Crippen molar-refractivity contribution in [1.29, 1.82) is 0 Å². The average molecular weight is 235 g/mol. The number of esters is 1. The summed E-state index contributed by atoms with van der Waals surface area (Å²) in [5, 5.41) is 11.7. The SMILES string of the molecule is COC(=O)C1(C(=O)Nc2ccc(O)cc2)CC1. The lowest BCUT2D eigenvalue weighted by molar-refractivity contribution is -0.150. The van der Waals surface area contributed by atoms with Crippen molar-refractivity contribution in [2.45, 2.75) is 12.8 Å². The third kappa shape index (κ3) is 2.08. The van der Waals surface area contributed by atoms with Gasteiger partial charge in [0.05, 0.1) is 7.11 Å². The van der Waals surface area contributed by atoms with Crippen molar-refractivity contribution in [1.82, 2.24) is 0 Å². The van der Waals surface area contributed by atoms with Crippen molar-refractivity contribution in [3.05, 3.63) is 24.3 Å². The van der Waals surface area contributed by atoms with Crippen molar-refractivity contribution in [3.8, 4) is 5.75 Å². The molecule has 0 unspecified atom stereocenters. The van der Waals surface area contributed by atoms with Gasteiger partial charge >= 0.3 is 5.97 Å². The minimum absolute atomic E-state index is 0.122. The van der Waals surface area contributed by atoms with Crippen LogP contribution < -0.4 is 5.32 Å². The molecule has 1 aliphatic carbocycles. The van der Waals surface area contributed by atoms with E-state index in [1.807, 2.05) is 0 Å². The zero-order valence-electron chi connectivity index (χ0n) is 9.40. The summed E-state index contributed by atoms with van der Waals surface area (Å²) < 4.78 is 4.62. The number of ether oxygens (including phenoxy) is 1. The highest BCUT2D eigenvalue weighted by molar-refractivity contribution is 6.11. The van der Waals surface area contributed by atoms with Crippen molar-refractivity contribution in [2.24, 2.45) is 5.41 Å². The van der Waals surface area contributed by atoms with Crippen LogP contribution in [0.1, 0.15) is 12.8 Å². The molecule has 1 amide bonds. The second-order valence-corrected chi connectivity index (χ2v) is 4.07. The van der Waals surface area contributed by atoms with E-state index in [-0.39, 0.29) is 11.7 Å². The molecule has 2 N–H and O–H groups in total. The molecule has 0 heterocycles. The summed E-state index contributed by atoms with van der Waals surface area (Å²) in [6.07, 6.45) is 1.03. The number of rotatable bonds is 3. The van der Waals surface area contributed by atoms with Gasteiger partial charge in [0.25, 0.3) is 0 Å². The second kappa shape index (κ2) is 4.08. The summed E-state index contributed by atoms with van der Waals surface area (Å²) in [6.45, 7) is 0. The van der Waals surface area contributed by atoms with Crippen LogP contribution in [0.5, 0.6) is 5.75 Å². The van der Waals surface area contributed by atoms with Crippen LogP contribution >= 0.6 is 0 Å². The lowest BCUT2D eigenvalue weighted by atomic mass is 10.1. The van der Waals surface area contributed by atoms with E-state index in [1.54, 1.807) is 12.1 Å². The number of hydrogen-bond acceptors (Lipinski definition) is 4. The van der Waals surface area contributed by atoms with Crippen molar-refractivity contribution in [3.63, 3.8) is 0 Å². The van der Waals surface area contributed by atoms with E-state index in [9.17, 15) is 9.59 Å². The summed E-state index contributed by atoms with van der Waals surface area (Å²) in [4.78, 5) is 23.4. The van der Waals surface area contributed by atoms with Crippen molar-refractivity contribution in [2.75, 3.05) is 12.4 Å². The van der Waals surface area contributed by atoms with Crippen LogP contribution in [-0.4, -0.2) is 24.1 Å². The molecule has 1 aromatic carbocycles. The van der Waals surface area contributed by atoms with Crippen molar-refractivity contribution < 1.29 is 19.4 Å². The van der Waals surface area contributed by atoms with Gasteiger partial charge in [-0.2, -0.15) is 0 Å². The Balaban J connectivity index is 2.07. The lowest BCUT2D eigenvalue weighted by Gasteiger charge is -2.12. The number of aromatic hydroxyl groups is 1. The van der Waals surface area contributed by atoms with E-state index in [4.69, 9.17) is 5.11 Å². The van der Waals surface area contributed by atoms with Gasteiger partial charge in [-0.25, -0.2) is 0 Å². The lowest BCUT2D eigenvalue weighted by Crippen LogP contribution is -2.32. The van der Waals surface area contributed by atoms with Crippen LogP contribution in [0, 0.1) is 5.41 Å². The Morgan fingerprint density at radius 3 is 2.35 bits per heavy atom. The standard InChI is InChI=1S/C12H13NO4/c1-17-11(16)12(6-7-12)10(15)13-8-2-4-9(14)5-3-8/h2-5,14H,6-7H2,1H3,(H,13,15). The smallest absolute Gasteiger partial charge is 0.321 e.